The van der Waals surface area contributed by atoms with Crippen molar-refractivity contribution in [3.05, 3.63) is 35.2 Å². The van der Waals surface area contributed by atoms with Gasteiger partial charge < -0.3 is 16.0 Å². The molecule has 0 spiro atoms. The number of aryl methyl sites for hydroxylation is 2. The van der Waals surface area contributed by atoms with Crippen LogP contribution in [0.4, 0.5) is 22.7 Å². The van der Waals surface area contributed by atoms with E-state index in [2.05, 4.69) is 56.4 Å². The Morgan fingerprint density at radius 3 is 2.59 bits per heavy atom. The number of hydrogen-bond acceptors (Lipinski definition) is 10. The summed E-state index contributed by atoms with van der Waals surface area (Å²) in [6.45, 7) is 6.19. The van der Waals surface area contributed by atoms with E-state index in [1.54, 1.807) is 16.7 Å². The van der Waals surface area contributed by atoms with Gasteiger partial charge >= 0.3 is 0 Å². The fourth-order valence-electron chi connectivity index (χ4n) is 2.23. The maximum absolute atomic E-state index is 5.81. The first kappa shape index (κ1) is 19.3. The SMILES string of the molecule is Cc1ccc(Nc2nnc(SC(C)c3nc(N)nc(N(C)C)n3)s2)cc1C. The topological polar surface area (TPSA) is 106 Å². The van der Waals surface area contributed by atoms with E-state index in [0.29, 0.717) is 11.8 Å². The van der Waals surface area contributed by atoms with Crippen LogP contribution >= 0.6 is 23.1 Å². The molecule has 0 aliphatic heterocycles. The Kier molecular flexibility index (Phi) is 5.76. The van der Waals surface area contributed by atoms with E-state index in [1.807, 2.05) is 27.1 Å². The molecule has 27 heavy (non-hydrogen) atoms. The van der Waals surface area contributed by atoms with Crippen molar-refractivity contribution in [2.24, 2.45) is 0 Å². The highest BCUT2D eigenvalue weighted by Crippen LogP contribution is 2.37. The van der Waals surface area contributed by atoms with Gasteiger partial charge in [-0.05, 0) is 44.0 Å². The standard InChI is InChI=1S/C17H22N8S2/c1-9-6-7-12(8-10(9)2)19-16-23-24-17(27-16)26-11(3)13-20-14(18)22-15(21-13)25(4)5/h6-8,11H,1-5H3,(H,19,23)(H2,18,20,21,22). The molecular weight excluding hydrogens is 380 g/mol. The third-order valence-electron chi connectivity index (χ3n) is 3.86. The van der Waals surface area contributed by atoms with Crippen molar-refractivity contribution in [1.82, 2.24) is 25.1 Å². The van der Waals surface area contributed by atoms with Crippen molar-refractivity contribution in [1.29, 1.82) is 0 Å². The lowest BCUT2D eigenvalue weighted by molar-refractivity contribution is 0.863. The summed E-state index contributed by atoms with van der Waals surface area (Å²) in [7, 11) is 3.73. The average molecular weight is 403 g/mol. The molecule has 0 amide bonds. The molecule has 3 rings (SSSR count). The van der Waals surface area contributed by atoms with E-state index in [4.69, 9.17) is 5.73 Å². The van der Waals surface area contributed by atoms with Crippen LogP contribution in [0, 0.1) is 13.8 Å². The molecule has 3 N–H and O–H groups in total. The number of nitrogen functional groups attached to an aromatic ring is 1. The Labute approximate surface area is 166 Å². The molecule has 0 fully saturated rings. The van der Waals surface area contributed by atoms with Gasteiger partial charge in [0.2, 0.25) is 17.0 Å². The minimum absolute atomic E-state index is 0.0311. The van der Waals surface area contributed by atoms with Crippen molar-refractivity contribution in [2.75, 3.05) is 30.0 Å². The number of hydrogen-bond donors (Lipinski definition) is 2. The predicted molar refractivity (Wildman–Crippen MR) is 112 cm³/mol. The maximum Gasteiger partial charge on any atom is 0.229 e. The molecule has 0 saturated carbocycles. The Hall–Kier alpha value is -2.46. The minimum Gasteiger partial charge on any atom is -0.368 e. The highest BCUT2D eigenvalue weighted by molar-refractivity contribution is 8.01. The second kappa shape index (κ2) is 8.05. The van der Waals surface area contributed by atoms with Crippen molar-refractivity contribution in [3.63, 3.8) is 0 Å². The highest BCUT2D eigenvalue weighted by atomic mass is 32.2. The van der Waals surface area contributed by atoms with E-state index in [1.165, 1.54) is 22.5 Å². The van der Waals surface area contributed by atoms with E-state index < -0.39 is 0 Å². The molecule has 0 radical (unpaired) electrons. The fraction of sp³-hybridized carbons (Fsp3) is 0.353. The van der Waals surface area contributed by atoms with Crippen molar-refractivity contribution in [3.8, 4) is 0 Å². The van der Waals surface area contributed by atoms with Crippen LogP contribution in [0.1, 0.15) is 29.1 Å². The second-order valence-corrected chi connectivity index (χ2v) is 8.87. The van der Waals surface area contributed by atoms with Crippen LogP contribution in [0.3, 0.4) is 0 Å². The van der Waals surface area contributed by atoms with Crippen LogP contribution in [0.25, 0.3) is 0 Å². The maximum atomic E-state index is 5.81. The summed E-state index contributed by atoms with van der Waals surface area (Å²) in [5, 5.41) is 12.5. The largest absolute Gasteiger partial charge is 0.368 e. The second-order valence-electron chi connectivity index (χ2n) is 6.30. The van der Waals surface area contributed by atoms with Gasteiger partial charge in [-0.25, -0.2) is 0 Å². The van der Waals surface area contributed by atoms with Crippen LogP contribution in [0.2, 0.25) is 0 Å². The van der Waals surface area contributed by atoms with Crippen molar-refractivity contribution in [2.45, 2.75) is 30.4 Å². The molecule has 3 aromatic rings. The first-order chi connectivity index (χ1) is 12.8. The van der Waals surface area contributed by atoms with Gasteiger partial charge in [0.05, 0.1) is 5.25 Å². The zero-order valence-corrected chi connectivity index (χ0v) is 17.5. The smallest absolute Gasteiger partial charge is 0.229 e. The summed E-state index contributed by atoms with van der Waals surface area (Å²) in [5.74, 6) is 1.37. The summed E-state index contributed by atoms with van der Waals surface area (Å²) in [5.41, 5.74) is 9.30. The summed E-state index contributed by atoms with van der Waals surface area (Å²) in [4.78, 5) is 14.6. The fourth-order valence-corrected chi connectivity index (χ4v) is 4.19. The Morgan fingerprint density at radius 2 is 1.89 bits per heavy atom. The van der Waals surface area contributed by atoms with Crippen molar-refractivity contribution >= 4 is 45.8 Å². The number of nitrogens with zero attached hydrogens (tertiary/aromatic N) is 6. The summed E-state index contributed by atoms with van der Waals surface area (Å²) >= 11 is 3.03. The molecule has 142 valence electrons. The van der Waals surface area contributed by atoms with E-state index >= 15 is 0 Å². The lowest BCUT2D eigenvalue weighted by Crippen LogP contribution is -2.16. The normalized spacial score (nSPS) is 12.0. The third kappa shape index (κ3) is 4.83. The quantitative estimate of drug-likeness (QED) is 0.598. The molecule has 8 nitrogen and oxygen atoms in total. The molecule has 1 unspecified atom stereocenters. The Bertz CT molecular complexity index is 940. The molecular formula is C17H22N8S2. The van der Waals surface area contributed by atoms with Crippen LogP contribution in [0.5, 0.6) is 0 Å². The Morgan fingerprint density at radius 1 is 1.11 bits per heavy atom. The summed E-state index contributed by atoms with van der Waals surface area (Å²) < 4.78 is 0.833. The first-order valence-corrected chi connectivity index (χ1v) is 10.0. The number of aromatic nitrogens is 5. The van der Waals surface area contributed by atoms with Gasteiger partial charge in [-0.2, -0.15) is 15.0 Å². The van der Waals surface area contributed by atoms with E-state index in [9.17, 15) is 0 Å². The van der Waals surface area contributed by atoms with Crippen LogP contribution < -0.4 is 16.0 Å². The zero-order chi connectivity index (χ0) is 19.6. The summed E-state index contributed by atoms with van der Waals surface area (Å²) in [6, 6.07) is 6.22. The minimum atomic E-state index is -0.0311. The monoisotopic (exact) mass is 402 g/mol. The van der Waals surface area contributed by atoms with Gasteiger partial charge in [0, 0.05) is 19.8 Å². The van der Waals surface area contributed by atoms with Gasteiger partial charge in [-0.3, -0.25) is 0 Å². The number of thioether (sulfide) groups is 1. The molecule has 2 aromatic heterocycles. The molecule has 1 aromatic carbocycles. The van der Waals surface area contributed by atoms with Gasteiger partial charge in [0.1, 0.15) is 5.82 Å². The van der Waals surface area contributed by atoms with E-state index in [0.717, 1.165) is 15.2 Å². The molecule has 1 atom stereocenters. The first-order valence-electron chi connectivity index (χ1n) is 8.35. The summed E-state index contributed by atoms with van der Waals surface area (Å²) in [6.07, 6.45) is 0. The van der Waals surface area contributed by atoms with Crippen LogP contribution in [-0.2, 0) is 0 Å². The molecule has 0 aliphatic rings. The van der Waals surface area contributed by atoms with Gasteiger partial charge in [-0.15, -0.1) is 10.2 Å². The van der Waals surface area contributed by atoms with Gasteiger partial charge in [-0.1, -0.05) is 29.2 Å². The molecule has 0 saturated heterocycles. The van der Waals surface area contributed by atoms with Crippen LogP contribution in [0.15, 0.2) is 22.5 Å². The molecule has 0 bridgehead atoms. The van der Waals surface area contributed by atoms with Gasteiger partial charge in [0.15, 0.2) is 4.34 Å². The average Bonchev–Trinajstić information content (AvgIpc) is 3.04. The lowest BCUT2D eigenvalue weighted by Gasteiger charge is -2.13. The zero-order valence-electron chi connectivity index (χ0n) is 15.9. The highest BCUT2D eigenvalue weighted by Gasteiger charge is 2.17. The third-order valence-corrected chi connectivity index (χ3v) is 5.88. The molecule has 2 heterocycles. The molecule has 10 heteroatoms. The predicted octanol–water partition coefficient (Wildman–Crippen LogP) is 3.59. The van der Waals surface area contributed by atoms with Gasteiger partial charge in [0.25, 0.3) is 0 Å². The number of nitrogens with one attached hydrogen (secondary N) is 1. The number of nitrogens with two attached hydrogens (primary N) is 1. The lowest BCUT2D eigenvalue weighted by atomic mass is 10.1. The van der Waals surface area contributed by atoms with Crippen molar-refractivity contribution < 1.29 is 0 Å². The number of benzene rings is 1. The molecule has 0 aliphatic carbocycles. The number of rotatable bonds is 6. The Balaban J connectivity index is 1.71. The van der Waals surface area contributed by atoms with E-state index in [-0.39, 0.29) is 11.2 Å². The number of anilines is 4. The van der Waals surface area contributed by atoms with Crippen LogP contribution in [-0.4, -0.2) is 39.2 Å².